The molecule has 0 bridgehead atoms. The molecule has 2 rings (SSSR count). The van der Waals surface area contributed by atoms with Gasteiger partial charge in [0.1, 0.15) is 12.0 Å². The van der Waals surface area contributed by atoms with E-state index in [0.29, 0.717) is 0 Å². The predicted octanol–water partition coefficient (Wildman–Crippen LogP) is 0.154. The molecule has 1 heterocycles. The van der Waals surface area contributed by atoms with Crippen LogP contribution in [0.1, 0.15) is 19.3 Å². The Kier molecular flexibility index (Phi) is 2.60. The van der Waals surface area contributed by atoms with E-state index in [1.807, 2.05) is 0 Å². The van der Waals surface area contributed by atoms with Gasteiger partial charge < -0.3 is 15.3 Å². The summed E-state index contributed by atoms with van der Waals surface area (Å²) in [5, 5.41) is 11.4. The number of rotatable bonds is 2. The SMILES string of the molecule is O=C(O)CN1C2=C(CCC2)C(=O)NC1S. The highest BCUT2D eigenvalue weighted by Gasteiger charge is 2.34. The van der Waals surface area contributed by atoms with Gasteiger partial charge in [0.15, 0.2) is 0 Å². The quantitative estimate of drug-likeness (QED) is 0.589. The van der Waals surface area contributed by atoms with Crippen LogP contribution in [-0.4, -0.2) is 33.9 Å². The van der Waals surface area contributed by atoms with Crippen molar-refractivity contribution in [1.82, 2.24) is 10.2 Å². The molecule has 0 aromatic rings. The second kappa shape index (κ2) is 3.77. The van der Waals surface area contributed by atoms with Crippen molar-refractivity contribution in [3.8, 4) is 0 Å². The monoisotopic (exact) mass is 228 g/mol. The van der Waals surface area contributed by atoms with Crippen LogP contribution in [0.3, 0.4) is 0 Å². The maximum atomic E-state index is 11.5. The molecule has 0 radical (unpaired) electrons. The highest BCUT2D eigenvalue weighted by atomic mass is 32.1. The fourth-order valence-corrected chi connectivity index (χ4v) is 2.39. The minimum absolute atomic E-state index is 0.107. The van der Waals surface area contributed by atoms with Crippen LogP contribution < -0.4 is 5.32 Å². The number of hydrogen-bond acceptors (Lipinski definition) is 4. The number of nitrogens with one attached hydrogen (secondary N) is 1. The Labute approximate surface area is 92.5 Å². The van der Waals surface area contributed by atoms with E-state index in [0.717, 1.165) is 30.5 Å². The first-order chi connectivity index (χ1) is 7.09. The van der Waals surface area contributed by atoms with Crippen molar-refractivity contribution in [3.63, 3.8) is 0 Å². The fraction of sp³-hybridized carbons (Fsp3) is 0.556. The summed E-state index contributed by atoms with van der Waals surface area (Å²) in [6.45, 7) is -0.118. The first-order valence-electron chi connectivity index (χ1n) is 4.79. The molecule has 0 saturated carbocycles. The van der Waals surface area contributed by atoms with Gasteiger partial charge in [-0.05, 0) is 19.3 Å². The third-order valence-electron chi connectivity index (χ3n) is 2.67. The predicted molar refractivity (Wildman–Crippen MR) is 56.1 cm³/mol. The zero-order chi connectivity index (χ0) is 11.0. The van der Waals surface area contributed by atoms with E-state index in [1.54, 1.807) is 4.90 Å². The van der Waals surface area contributed by atoms with Crippen molar-refractivity contribution in [3.05, 3.63) is 11.3 Å². The number of carboxylic acid groups (broad SMARTS) is 1. The van der Waals surface area contributed by atoms with Crippen LogP contribution in [0.15, 0.2) is 11.3 Å². The van der Waals surface area contributed by atoms with E-state index < -0.39 is 11.5 Å². The van der Waals surface area contributed by atoms with Gasteiger partial charge in [-0.1, -0.05) is 0 Å². The fourth-order valence-electron chi connectivity index (χ4n) is 2.05. The average Bonchev–Trinajstić information content (AvgIpc) is 2.60. The van der Waals surface area contributed by atoms with Gasteiger partial charge in [-0.25, -0.2) is 0 Å². The molecule has 0 saturated heterocycles. The summed E-state index contributed by atoms with van der Waals surface area (Å²) >= 11 is 4.17. The molecule has 82 valence electrons. The minimum Gasteiger partial charge on any atom is -0.480 e. The van der Waals surface area contributed by atoms with Crippen LogP contribution in [-0.2, 0) is 9.59 Å². The van der Waals surface area contributed by atoms with Crippen LogP contribution in [0.2, 0.25) is 0 Å². The molecule has 2 aliphatic rings. The van der Waals surface area contributed by atoms with Crippen LogP contribution in [0, 0.1) is 0 Å². The second-order valence-electron chi connectivity index (χ2n) is 3.65. The van der Waals surface area contributed by atoms with Crippen molar-refractivity contribution in [1.29, 1.82) is 0 Å². The maximum Gasteiger partial charge on any atom is 0.323 e. The van der Waals surface area contributed by atoms with E-state index in [4.69, 9.17) is 5.11 Å². The number of aliphatic carboxylic acids is 1. The van der Waals surface area contributed by atoms with E-state index in [2.05, 4.69) is 17.9 Å². The number of carbonyl (C=O) groups excluding carboxylic acids is 1. The number of nitrogens with zero attached hydrogens (tertiary/aromatic N) is 1. The molecule has 0 fully saturated rings. The standard InChI is InChI=1S/C9H12N2O3S/c12-7(13)4-11-6-3-1-2-5(6)8(14)10-9(11)15/h9,15H,1-4H2,(H,10,14)(H,12,13). The number of carbonyl (C=O) groups is 2. The summed E-state index contributed by atoms with van der Waals surface area (Å²) in [6.07, 6.45) is 2.42. The number of hydrogen-bond donors (Lipinski definition) is 3. The molecule has 1 aliphatic carbocycles. The highest BCUT2D eigenvalue weighted by Crippen LogP contribution is 2.33. The molecule has 1 atom stereocenters. The van der Waals surface area contributed by atoms with Gasteiger partial charge in [0.2, 0.25) is 0 Å². The lowest BCUT2D eigenvalue weighted by molar-refractivity contribution is -0.138. The van der Waals surface area contributed by atoms with E-state index in [1.165, 1.54) is 0 Å². The third-order valence-corrected chi connectivity index (χ3v) is 3.08. The molecular weight excluding hydrogens is 216 g/mol. The third kappa shape index (κ3) is 1.81. The normalized spacial score (nSPS) is 25.3. The highest BCUT2D eigenvalue weighted by molar-refractivity contribution is 7.80. The lowest BCUT2D eigenvalue weighted by Gasteiger charge is -2.35. The first-order valence-corrected chi connectivity index (χ1v) is 5.30. The van der Waals surface area contributed by atoms with Crippen LogP contribution in [0.25, 0.3) is 0 Å². The lowest BCUT2D eigenvalue weighted by atomic mass is 10.1. The molecule has 1 aliphatic heterocycles. The second-order valence-corrected chi connectivity index (χ2v) is 4.14. The summed E-state index contributed by atoms with van der Waals surface area (Å²) in [5.41, 5.74) is 1.05. The first kappa shape index (κ1) is 10.4. The molecule has 1 unspecified atom stereocenters. The van der Waals surface area contributed by atoms with Crippen LogP contribution in [0.5, 0.6) is 0 Å². The lowest BCUT2D eigenvalue weighted by Crippen LogP contribution is -2.50. The summed E-state index contributed by atoms with van der Waals surface area (Å²) in [5.74, 6) is -1.02. The molecule has 15 heavy (non-hydrogen) atoms. The molecule has 1 amide bonds. The summed E-state index contributed by atoms with van der Waals surface area (Å²) in [4.78, 5) is 23.8. The summed E-state index contributed by atoms with van der Waals surface area (Å²) < 4.78 is 0. The Morgan fingerprint density at radius 3 is 3.00 bits per heavy atom. The Morgan fingerprint density at radius 2 is 2.33 bits per heavy atom. The van der Waals surface area contributed by atoms with Crippen molar-refractivity contribution in [2.75, 3.05) is 6.54 Å². The number of allylic oxidation sites excluding steroid dienone is 1. The maximum absolute atomic E-state index is 11.5. The van der Waals surface area contributed by atoms with E-state index in [9.17, 15) is 9.59 Å². The minimum atomic E-state index is -0.913. The van der Waals surface area contributed by atoms with Crippen molar-refractivity contribution >= 4 is 24.5 Å². The molecule has 0 spiro atoms. The van der Waals surface area contributed by atoms with E-state index in [-0.39, 0.29) is 12.5 Å². The number of thiol groups is 1. The van der Waals surface area contributed by atoms with Crippen molar-refractivity contribution in [2.24, 2.45) is 0 Å². The van der Waals surface area contributed by atoms with Crippen LogP contribution in [0.4, 0.5) is 0 Å². The molecule has 0 aromatic carbocycles. The zero-order valence-electron chi connectivity index (χ0n) is 8.06. The van der Waals surface area contributed by atoms with Crippen LogP contribution >= 0.6 is 12.6 Å². The van der Waals surface area contributed by atoms with Gasteiger partial charge in [0, 0.05) is 11.3 Å². The number of carboxylic acids is 1. The largest absolute Gasteiger partial charge is 0.480 e. The summed E-state index contributed by atoms with van der Waals surface area (Å²) in [7, 11) is 0. The van der Waals surface area contributed by atoms with E-state index >= 15 is 0 Å². The molecule has 2 N–H and O–H groups in total. The topological polar surface area (TPSA) is 69.6 Å². The van der Waals surface area contributed by atoms with Crippen molar-refractivity contribution in [2.45, 2.75) is 24.8 Å². The van der Waals surface area contributed by atoms with Gasteiger partial charge in [-0.3, -0.25) is 9.59 Å². The Balaban J connectivity index is 2.28. The molecular formula is C9H12N2O3S. The molecule has 6 heteroatoms. The Bertz CT molecular complexity index is 353. The summed E-state index contributed by atoms with van der Waals surface area (Å²) in [6, 6.07) is 0. The molecule has 5 nitrogen and oxygen atoms in total. The Morgan fingerprint density at radius 1 is 1.60 bits per heavy atom. The van der Waals surface area contributed by atoms with Gasteiger partial charge in [0.25, 0.3) is 5.91 Å². The van der Waals surface area contributed by atoms with Gasteiger partial charge in [0.05, 0.1) is 0 Å². The Hall–Kier alpha value is -1.17. The smallest absolute Gasteiger partial charge is 0.323 e. The average molecular weight is 228 g/mol. The van der Waals surface area contributed by atoms with Gasteiger partial charge >= 0.3 is 5.97 Å². The zero-order valence-corrected chi connectivity index (χ0v) is 8.96. The molecule has 0 aromatic heterocycles. The van der Waals surface area contributed by atoms with Gasteiger partial charge in [-0.15, -0.1) is 12.6 Å². The van der Waals surface area contributed by atoms with Gasteiger partial charge in [-0.2, -0.15) is 0 Å². The number of amides is 1. The van der Waals surface area contributed by atoms with Crippen molar-refractivity contribution < 1.29 is 14.7 Å².